The largest absolute Gasteiger partial charge is 0.248 e. The molecule has 0 heterocycles. The minimum Gasteiger partial charge on any atom is -0.207 e. The molecule has 0 aliphatic carbocycles. The first kappa shape index (κ1) is 15.1. The third-order valence-electron chi connectivity index (χ3n) is 3.39. The van der Waals surface area contributed by atoms with Gasteiger partial charge in [0.25, 0.3) is 0 Å². The smallest absolute Gasteiger partial charge is 0.207 e. The first-order chi connectivity index (χ1) is 8.35. The van der Waals surface area contributed by atoms with E-state index in [1.54, 1.807) is 6.92 Å². The van der Waals surface area contributed by atoms with Crippen molar-refractivity contribution >= 4 is 0 Å². The third-order valence-corrected chi connectivity index (χ3v) is 3.39. The second kappa shape index (κ2) is 6.31. The molecule has 1 atom stereocenters. The maximum absolute atomic E-state index is 13.6. The molecule has 1 unspecified atom stereocenters. The molecule has 1 rings (SSSR count). The Morgan fingerprint density at radius 1 is 1.00 bits per heavy atom. The molecular weight excluding hydrogens is 230 g/mol. The van der Waals surface area contributed by atoms with Crippen LogP contribution in [0.3, 0.4) is 0 Å². The molecule has 0 amide bonds. The molecule has 2 heteroatoms. The maximum Gasteiger partial charge on any atom is 0.248 e. The molecule has 18 heavy (non-hydrogen) atoms. The molecule has 0 saturated carbocycles. The van der Waals surface area contributed by atoms with Crippen molar-refractivity contribution in [3.8, 4) is 0 Å². The molecule has 0 spiro atoms. The lowest BCUT2D eigenvalue weighted by Crippen LogP contribution is -2.18. The molecule has 102 valence electrons. The van der Waals surface area contributed by atoms with Crippen LogP contribution in [-0.2, 0) is 0 Å². The van der Waals surface area contributed by atoms with Crippen LogP contribution in [0, 0.1) is 0 Å². The molecular formula is C16H24F2. The van der Waals surface area contributed by atoms with Gasteiger partial charge in [-0.15, -0.1) is 0 Å². The molecule has 0 nitrogen and oxygen atoms in total. The maximum atomic E-state index is 13.6. The van der Waals surface area contributed by atoms with E-state index >= 15 is 0 Å². The summed E-state index contributed by atoms with van der Waals surface area (Å²) >= 11 is 0. The van der Waals surface area contributed by atoms with E-state index in [2.05, 4.69) is 26.0 Å². The molecule has 0 saturated heterocycles. The van der Waals surface area contributed by atoms with Gasteiger partial charge in [0.1, 0.15) is 0 Å². The zero-order valence-corrected chi connectivity index (χ0v) is 11.8. The lowest BCUT2D eigenvalue weighted by Gasteiger charge is -2.21. The summed E-state index contributed by atoms with van der Waals surface area (Å²) in [6, 6.07) is 8.08. The highest BCUT2D eigenvalue weighted by molar-refractivity contribution is 5.27. The van der Waals surface area contributed by atoms with Crippen LogP contribution in [0.15, 0.2) is 24.3 Å². The first-order valence-corrected chi connectivity index (χ1v) is 6.83. The standard InChI is InChI=1S/C16H24F2/c1-5-10-16(17,18)11-13(4)15-8-6-14(7-9-15)12(2)3/h6-9,12-13H,5,10-11H2,1-4H3. The lowest BCUT2D eigenvalue weighted by molar-refractivity contribution is -0.0219. The van der Waals surface area contributed by atoms with Crippen molar-refractivity contribution in [3.63, 3.8) is 0 Å². The summed E-state index contributed by atoms with van der Waals surface area (Å²) in [5, 5.41) is 0. The number of halogens is 2. The van der Waals surface area contributed by atoms with Crippen molar-refractivity contribution in [2.45, 2.75) is 64.7 Å². The topological polar surface area (TPSA) is 0 Å². The summed E-state index contributed by atoms with van der Waals surface area (Å²) in [6.45, 7) is 7.95. The minimum atomic E-state index is -2.54. The van der Waals surface area contributed by atoms with Crippen LogP contribution in [0.5, 0.6) is 0 Å². The van der Waals surface area contributed by atoms with Gasteiger partial charge in [0, 0.05) is 12.8 Å². The number of rotatable bonds is 6. The number of hydrogen-bond donors (Lipinski definition) is 0. The second-order valence-corrected chi connectivity index (χ2v) is 5.53. The van der Waals surface area contributed by atoms with Gasteiger partial charge in [-0.2, -0.15) is 0 Å². The molecule has 0 aliphatic rings. The van der Waals surface area contributed by atoms with Crippen LogP contribution in [0.2, 0.25) is 0 Å². The summed E-state index contributed by atoms with van der Waals surface area (Å²) in [5.74, 6) is -2.14. The Morgan fingerprint density at radius 2 is 1.50 bits per heavy atom. The van der Waals surface area contributed by atoms with Crippen molar-refractivity contribution in [1.82, 2.24) is 0 Å². The van der Waals surface area contributed by atoms with E-state index in [1.165, 1.54) is 5.56 Å². The summed E-state index contributed by atoms with van der Waals surface area (Å²) in [5.41, 5.74) is 2.27. The summed E-state index contributed by atoms with van der Waals surface area (Å²) in [7, 11) is 0. The predicted octanol–water partition coefficient (Wildman–Crippen LogP) is 5.74. The average Bonchev–Trinajstić information content (AvgIpc) is 2.28. The predicted molar refractivity (Wildman–Crippen MR) is 73.4 cm³/mol. The highest BCUT2D eigenvalue weighted by Crippen LogP contribution is 2.33. The van der Waals surface area contributed by atoms with E-state index in [4.69, 9.17) is 0 Å². The van der Waals surface area contributed by atoms with E-state index in [1.807, 2.05) is 19.1 Å². The molecule has 0 aromatic heterocycles. The SMILES string of the molecule is CCCC(F)(F)CC(C)c1ccc(C(C)C)cc1. The van der Waals surface area contributed by atoms with Crippen molar-refractivity contribution in [1.29, 1.82) is 0 Å². The first-order valence-electron chi connectivity index (χ1n) is 6.83. The Kier molecular flexibility index (Phi) is 5.30. The minimum absolute atomic E-state index is 0.0125. The van der Waals surface area contributed by atoms with Crippen LogP contribution in [0.25, 0.3) is 0 Å². The number of benzene rings is 1. The van der Waals surface area contributed by atoms with E-state index < -0.39 is 5.92 Å². The molecule has 0 N–H and O–H groups in total. The molecule has 0 fully saturated rings. The third kappa shape index (κ3) is 4.40. The molecule has 0 bridgehead atoms. The van der Waals surface area contributed by atoms with Gasteiger partial charge >= 0.3 is 0 Å². The molecule has 0 radical (unpaired) electrons. The summed E-state index contributed by atoms with van der Waals surface area (Å²) in [4.78, 5) is 0. The van der Waals surface area contributed by atoms with Crippen LogP contribution >= 0.6 is 0 Å². The average molecular weight is 254 g/mol. The monoisotopic (exact) mass is 254 g/mol. The number of hydrogen-bond acceptors (Lipinski definition) is 0. The Hall–Kier alpha value is -0.920. The van der Waals surface area contributed by atoms with Crippen LogP contribution in [0.1, 0.15) is 69.9 Å². The Labute approximate surface area is 109 Å². The Morgan fingerprint density at radius 3 is 1.94 bits per heavy atom. The fourth-order valence-corrected chi connectivity index (χ4v) is 2.24. The zero-order chi connectivity index (χ0) is 13.8. The van der Waals surface area contributed by atoms with Crippen molar-refractivity contribution < 1.29 is 8.78 Å². The van der Waals surface area contributed by atoms with Crippen LogP contribution in [0.4, 0.5) is 8.78 Å². The lowest BCUT2D eigenvalue weighted by atomic mass is 9.91. The van der Waals surface area contributed by atoms with Crippen molar-refractivity contribution in [2.75, 3.05) is 0 Å². The van der Waals surface area contributed by atoms with Gasteiger partial charge in [0.05, 0.1) is 0 Å². The van der Waals surface area contributed by atoms with E-state index in [-0.39, 0.29) is 18.8 Å². The molecule has 1 aromatic rings. The van der Waals surface area contributed by atoms with Crippen molar-refractivity contribution in [3.05, 3.63) is 35.4 Å². The Balaban J connectivity index is 2.69. The van der Waals surface area contributed by atoms with E-state index in [9.17, 15) is 8.78 Å². The molecule has 1 aromatic carbocycles. The Bertz CT molecular complexity index is 352. The highest BCUT2D eigenvalue weighted by atomic mass is 19.3. The van der Waals surface area contributed by atoms with Gasteiger partial charge in [-0.1, -0.05) is 58.4 Å². The van der Waals surface area contributed by atoms with E-state index in [0.29, 0.717) is 12.3 Å². The quantitative estimate of drug-likeness (QED) is 0.607. The van der Waals surface area contributed by atoms with Gasteiger partial charge < -0.3 is 0 Å². The number of alkyl halides is 2. The highest BCUT2D eigenvalue weighted by Gasteiger charge is 2.30. The zero-order valence-electron chi connectivity index (χ0n) is 11.8. The fraction of sp³-hybridized carbons (Fsp3) is 0.625. The van der Waals surface area contributed by atoms with Crippen LogP contribution < -0.4 is 0 Å². The van der Waals surface area contributed by atoms with E-state index in [0.717, 1.165) is 5.56 Å². The van der Waals surface area contributed by atoms with Gasteiger partial charge in [-0.25, -0.2) is 8.78 Å². The summed E-state index contributed by atoms with van der Waals surface area (Å²) in [6.07, 6.45) is 0.468. The van der Waals surface area contributed by atoms with Gasteiger partial charge in [0.2, 0.25) is 5.92 Å². The summed E-state index contributed by atoms with van der Waals surface area (Å²) < 4.78 is 27.1. The van der Waals surface area contributed by atoms with Crippen molar-refractivity contribution in [2.24, 2.45) is 0 Å². The normalized spacial score (nSPS) is 13.9. The molecule has 0 aliphatic heterocycles. The second-order valence-electron chi connectivity index (χ2n) is 5.53. The fourth-order valence-electron chi connectivity index (χ4n) is 2.24. The van der Waals surface area contributed by atoms with Gasteiger partial charge in [-0.05, 0) is 23.0 Å². The van der Waals surface area contributed by atoms with Gasteiger partial charge in [-0.3, -0.25) is 0 Å². The van der Waals surface area contributed by atoms with Crippen LogP contribution in [-0.4, -0.2) is 5.92 Å². The van der Waals surface area contributed by atoms with Gasteiger partial charge in [0.15, 0.2) is 0 Å².